The second kappa shape index (κ2) is 10.1. The first-order valence-corrected chi connectivity index (χ1v) is 12.8. The highest BCUT2D eigenvalue weighted by Crippen LogP contribution is 2.39. The van der Waals surface area contributed by atoms with E-state index >= 15 is 0 Å². The van der Waals surface area contributed by atoms with Crippen molar-refractivity contribution in [2.45, 2.75) is 85.0 Å². The summed E-state index contributed by atoms with van der Waals surface area (Å²) < 4.78 is 0. The van der Waals surface area contributed by atoms with Crippen LogP contribution < -0.4 is 0 Å². The third-order valence-corrected chi connectivity index (χ3v) is 7.85. The number of aryl methyl sites for hydroxylation is 4. The number of hydrogen-bond donors (Lipinski definition) is 0. The van der Waals surface area contributed by atoms with Crippen molar-refractivity contribution in [3.63, 3.8) is 0 Å². The highest BCUT2D eigenvalue weighted by Gasteiger charge is 2.29. The molecule has 0 atom stereocenters. The van der Waals surface area contributed by atoms with E-state index in [4.69, 9.17) is 0 Å². The van der Waals surface area contributed by atoms with Crippen molar-refractivity contribution in [2.24, 2.45) is 0 Å². The lowest BCUT2D eigenvalue weighted by atomic mass is 9.86. The first kappa shape index (κ1) is 23.6. The van der Waals surface area contributed by atoms with Gasteiger partial charge in [-0.3, -0.25) is 0 Å². The Morgan fingerprint density at radius 2 is 1.18 bits per heavy atom. The van der Waals surface area contributed by atoms with E-state index < -0.39 is 0 Å². The summed E-state index contributed by atoms with van der Waals surface area (Å²) in [7, 11) is 0. The van der Waals surface area contributed by atoms with Gasteiger partial charge in [0.2, 0.25) is 0 Å². The van der Waals surface area contributed by atoms with E-state index in [1.165, 1.54) is 59.9 Å². The molecule has 3 aromatic rings. The third-order valence-electron chi connectivity index (χ3n) is 7.85. The van der Waals surface area contributed by atoms with Gasteiger partial charge in [-0.1, -0.05) is 80.6 Å². The van der Waals surface area contributed by atoms with Gasteiger partial charge in [0.25, 0.3) is 0 Å². The van der Waals surface area contributed by atoms with E-state index in [1.54, 1.807) is 22.3 Å². The van der Waals surface area contributed by atoms with E-state index in [2.05, 4.69) is 101 Å². The normalized spacial score (nSPS) is 16.5. The second-order valence-corrected chi connectivity index (χ2v) is 10.6. The Morgan fingerprint density at radius 1 is 0.576 bits per heavy atom. The van der Waals surface area contributed by atoms with Crippen LogP contribution in [0.2, 0.25) is 0 Å². The molecule has 6 rings (SSSR count). The van der Waals surface area contributed by atoms with Crippen molar-refractivity contribution >= 4 is 0 Å². The molecule has 3 aliphatic rings. The minimum atomic E-state index is 0.418. The number of rotatable bonds is 0. The third kappa shape index (κ3) is 5.32. The molecule has 0 N–H and O–H groups in total. The van der Waals surface area contributed by atoms with Gasteiger partial charge in [-0.2, -0.15) is 0 Å². The molecule has 0 aliphatic heterocycles. The summed E-state index contributed by atoms with van der Waals surface area (Å²) in [6.07, 6.45) is 13.3. The Balaban J connectivity index is 0.000000118. The van der Waals surface area contributed by atoms with Crippen LogP contribution in [-0.4, -0.2) is 0 Å². The van der Waals surface area contributed by atoms with E-state index in [-0.39, 0.29) is 0 Å². The fraction of sp³-hybridized carbons (Fsp3) is 0.394. The largest absolute Gasteiger partial charge is 0.0838 e. The number of allylic oxidation sites excluding steroid dienone is 2. The monoisotopic (exact) mass is 436 g/mol. The molecular weight excluding hydrogens is 396 g/mol. The molecule has 0 bridgehead atoms. The Morgan fingerprint density at radius 3 is 1.85 bits per heavy atom. The van der Waals surface area contributed by atoms with Crippen LogP contribution in [-0.2, 0) is 37.5 Å². The molecule has 0 spiro atoms. The summed E-state index contributed by atoms with van der Waals surface area (Å²) in [5.74, 6) is 0. The smallest absolute Gasteiger partial charge is 0.00919 e. The highest BCUT2D eigenvalue weighted by molar-refractivity contribution is 5.43. The number of benzene rings is 3. The lowest BCUT2D eigenvalue weighted by Gasteiger charge is -2.18. The van der Waals surface area contributed by atoms with Crippen LogP contribution in [0.1, 0.15) is 76.8 Å². The summed E-state index contributed by atoms with van der Waals surface area (Å²) in [6.45, 7) is 11.3. The molecular formula is C33H40. The van der Waals surface area contributed by atoms with Crippen LogP contribution in [0, 0.1) is 20.8 Å². The van der Waals surface area contributed by atoms with Crippen molar-refractivity contribution in [1.82, 2.24) is 0 Å². The molecule has 0 aromatic heterocycles. The van der Waals surface area contributed by atoms with Gasteiger partial charge in [-0.05, 0) is 121 Å². The van der Waals surface area contributed by atoms with Crippen molar-refractivity contribution < 1.29 is 0 Å². The molecule has 0 saturated carbocycles. The quantitative estimate of drug-likeness (QED) is 0.311. The maximum absolute atomic E-state index is 2.35. The van der Waals surface area contributed by atoms with Gasteiger partial charge in [0.05, 0.1) is 0 Å². The van der Waals surface area contributed by atoms with E-state index in [0.717, 1.165) is 12.8 Å². The molecule has 0 unspecified atom stereocenters. The van der Waals surface area contributed by atoms with Gasteiger partial charge in [0.1, 0.15) is 0 Å². The van der Waals surface area contributed by atoms with E-state index in [1.807, 2.05) is 0 Å². The molecule has 0 heterocycles. The van der Waals surface area contributed by atoms with Crippen LogP contribution in [0.15, 0.2) is 66.7 Å². The molecule has 0 nitrogen and oxygen atoms in total. The fourth-order valence-corrected chi connectivity index (χ4v) is 5.71. The Labute approximate surface area is 201 Å². The molecule has 0 saturated heterocycles. The van der Waals surface area contributed by atoms with Crippen LogP contribution in [0.4, 0.5) is 0 Å². The highest BCUT2D eigenvalue weighted by atomic mass is 14.3. The molecule has 0 amide bonds. The minimum Gasteiger partial charge on any atom is -0.0838 e. The average molecular weight is 437 g/mol. The van der Waals surface area contributed by atoms with Crippen LogP contribution >= 0.6 is 0 Å². The van der Waals surface area contributed by atoms with Crippen molar-refractivity contribution in [2.75, 3.05) is 0 Å². The zero-order valence-corrected chi connectivity index (χ0v) is 21.3. The van der Waals surface area contributed by atoms with Gasteiger partial charge in [0.15, 0.2) is 0 Å². The van der Waals surface area contributed by atoms with Crippen molar-refractivity contribution in [3.05, 3.63) is 117 Å². The SMILES string of the molecule is Cc1cccc2c1CC=CC2.Cc1cccc2c1CCC2.Cc1cccc2c1CCC2(C)C. The average Bonchev–Trinajstić information content (AvgIpc) is 3.41. The molecule has 3 aromatic carbocycles. The van der Waals surface area contributed by atoms with Crippen LogP contribution in [0.25, 0.3) is 0 Å². The Kier molecular flexibility index (Phi) is 7.23. The summed E-state index contributed by atoms with van der Waals surface area (Å²) in [4.78, 5) is 0. The lowest BCUT2D eigenvalue weighted by Crippen LogP contribution is -2.11. The van der Waals surface area contributed by atoms with Gasteiger partial charge >= 0.3 is 0 Å². The van der Waals surface area contributed by atoms with E-state index in [0.29, 0.717) is 5.41 Å². The molecule has 172 valence electrons. The predicted molar refractivity (Wildman–Crippen MR) is 143 cm³/mol. The van der Waals surface area contributed by atoms with Crippen LogP contribution in [0.3, 0.4) is 0 Å². The first-order chi connectivity index (χ1) is 15.9. The molecule has 3 aliphatic carbocycles. The summed E-state index contributed by atoms with van der Waals surface area (Å²) in [6, 6.07) is 19.9. The zero-order chi connectivity index (χ0) is 23.4. The summed E-state index contributed by atoms with van der Waals surface area (Å²) in [5, 5.41) is 0. The van der Waals surface area contributed by atoms with Gasteiger partial charge in [-0.15, -0.1) is 0 Å². The molecule has 0 heteroatoms. The molecule has 0 radical (unpaired) electrons. The van der Waals surface area contributed by atoms with Crippen molar-refractivity contribution in [3.8, 4) is 0 Å². The molecule has 0 fully saturated rings. The number of hydrogen-bond acceptors (Lipinski definition) is 0. The van der Waals surface area contributed by atoms with Gasteiger partial charge in [0, 0.05) is 0 Å². The second-order valence-electron chi connectivity index (χ2n) is 10.6. The topological polar surface area (TPSA) is 0 Å². The molecule has 33 heavy (non-hydrogen) atoms. The lowest BCUT2D eigenvalue weighted by molar-refractivity contribution is 0.522. The minimum absolute atomic E-state index is 0.418. The Hall–Kier alpha value is -2.60. The van der Waals surface area contributed by atoms with Gasteiger partial charge in [-0.25, -0.2) is 0 Å². The fourth-order valence-electron chi connectivity index (χ4n) is 5.71. The van der Waals surface area contributed by atoms with Gasteiger partial charge < -0.3 is 0 Å². The summed E-state index contributed by atoms with van der Waals surface area (Å²) in [5.41, 5.74) is 14.2. The standard InChI is InChI=1S/C12H16.C11H12.C10H12/c1-9-5-4-6-11-10(9)7-8-12(11,2)3;1-9-5-4-7-10-6-2-3-8-11(9)10;1-8-4-2-5-9-6-3-7-10(8)9/h4-6H,7-8H2,1-3H3;2-5,7H,6,8H2,1H3;2,4-5H,3,6-7H2,1H3. The maximum atomic E-state index is 2.35. The zero-order valence-electron chi connectivity index (χ0n) is 21.3. The van der Waals surface area contributed by atoms with E-state index in [9.17, 15) is 0 Å². The van der Waals surface area contributed by atoms with Crippen LogP contribution in [0.5, 0.6) is 0 Å². The maximum Gasteiger partial charge on any atom is -0.00919 e. The number of fused-ring (bicyclic) bond motifs is 3. The first-order valence-electron chi connectivity index (χ1n) is 12.8. The summed E-state index contributed by atoms with van der Waals surface area (Å²) >= 11 is 0. The van der Waals surface area contributed by atoms with Crippen molar-refractivity contribution in [1.29, 1.82) is 0 Å². The predicted octanol–water partition coefficient (Wildman–Crippen LogP) is 8.35. The Bertz CT molecular complexity index is 1140.